The first-order valence-electron chi connectivity index (χ1n) is 10.3. The minimum atomic E-state index is -0.349. The van der Waals surface area contributed by atoms with Crippen LogP contribution in [0, 0.1) is 12.7 Å². The fraction of sp³-hybridized carbons (Fsp3) is 0.250. The lowest BCUT2D eigenvalue weighted by atomic mass is 10.1. The van der Waals surface area contributed by atoms with Crippen molar-refractivity contribution >= 4 is 17.4 Å². The van der Waals surface area contributed by atoms with Gasteiger partial charge in [-0.05, 0) is 55.8 Å². The number of aromatic nitrogens is 1. The highest BCUT2D eigenvalue weighted by Gasteiger charge is 2.23. The number of hydrogen-bond donors (Lipinski definition) is 3. The summed E-state index contributed by atoms with van der Waals surface area (Å²) in [5.41, 5.74) is 2.99. The number of amides is 1. The summed E-state index contributed by atoms with van der Waals surface area (Å²) < 4.78 is 13.0. The van der Waals surface area contributed by atoms with Crippen LogP contribution in [0.5, 0.6) is 5.75 Å². The highest BCUT2D eigenvalue weighted by molar-refractivity contribution is 6.04. The van der Waals surface area contributed by atoms with Crippen LogP contribution in [-0.2, 0) is 6.54 Å². The molecule has 160 valence electrons. The number of phenolic OH excluding ortho intramolecular Hbond substituents is 1. The molecule has 1 aliphatic rings. The molecule has 1 saturated heterocycles. The molecule has 1 unspecified atom stereocenters. The lowest BCUT2D eigenvalue weighted by Gasteiger charge is -2.18. The van der Waals surface area contributed by atoms with Crippen LogP contribution in [0.25, 0.3) is 0 Å². The van der Waals surface area contributed by atoms with Gasteiger partial charge in [0.1, 0.15) is 17.4 Å². The number of halogens is 1. The number of anilines is 2. The van der Waals surface area contributed by atoms with Gasteiger partial charge in [0.05, 0.1) is 5.56 Å². The van der Waals surface area contributed by atoms with Crippen molar-refractivity contribution in [3.05, 3.63) is 83.3 Å². The third kappa shape index (κ3) is 5.19. The average Bonchev–Trinajstić information content (AvgIpc) is 3.25. The van der Waals surface area contributed by atoms with Crippen LogP contribution >= 0.6 is 0 Å². The van der Waals surface area contributed by atoms with E-state index in [0.717, 1.165) is 36.5 Å². The Hall–Kier alpha value is -3.45. The molecule has 1 amide bonds. The van der Waals surface area contributed by atoms with Crippen LogP contribution in [0.4, 0.5) is 15.9 Å². The molecule has 1 aliphatic heterocycles. The third-order valence-electron chi connectivity index (χ3n) is 5.44. The van der Waals surface area contributed by atoms with Crippen molar-refractivity contribution < 1.29 is 14.3 Å². The fourth-order valence-corrected chi connectivity index (χ4v) is 3.69. The van der Waals surface area contributed by atoms with E-state index in [1.54, 1.807) is 18.3 Å². The van der Waals surface area contributed by atoms with Gasteiger partial charge < -0.3 is 20.6 Å². The summed E-state index contributed by atoms with van der Waals surface area (Å²) in [6.07, 6.45) is 2.53. The first kappa shape index (κ1) is 20.8. The molecular weight excluding hydrogens is 395 g/mol. The molecular formula is C24H25FN4O2. The molecule has 4 rings (SSSR count). The highest BCUT2D eigenvalue weighted by atomic mass is 19.1. The van der Waals surface area contributed by atoms with Gasteiger partial charge >= 0.3 is 0 Å². The number of nitrogens with one attached hydrogen (secondary N) is 2. The van der Waals surface area contributed by atoms with Crippen molar-refractivity contribution in [3.63, 3.8) is 0 Å². The summed E-state index contributed by atoms with van der Waals surface area (Å²) >= 11 is 0. The van der Waals surface area contributed by atoms with Crippen LogP contribution in [0.1, 0.15) is 27.9 Å². The fourth-order valence-electron chi connectivity index (χ4n) is 3.69. The molecule has 3 aromatic rings. The summed E-state index contributed by atoms with van der Waals surface area (Å²) in [7, 11) is 0. The van der Waals surface area contributed by atoms with Gasteiger partial charge in [0, 0.05) is 43.1 Å². The molecule has 31 heavy (non-hydrogen) atoms. The van der Waals surface area contributed by atoms with Gasteiger partial charge in [-0.2, -0.15) is 0 Å². The number of carbonyl (C=O) groups is 1. The zero-order chi connectivity index (χ0) is 21.8. The number of rotatable bonds is 6. The second kappa shape index (κ2) is 9.14. The molecule has 2 heterocycles. The van der Waals surface area contributed by atoms with Gasteiger partial charge in [0.25, 0.3) is 5.91 Å². The van der Waals surface area contributed by atoms with E-state index in [4.69, 9.17) is 0 Å². The van der Waals surface area contributed by atoms with Crippen LogP contribution in [0.15, 0.2) is 60.8 Å². The molecule has 2 aromatic carbocycles. The Morgan fingerprint density at radius 2 is 2.00 bits per heavy atom. The van der Waals surface area contributed by atoms with Crippen molar-refractivity contribution in [1.82, 2.24) is 10.3 Å². The van der Waals surface area contributed by atoms with E-state index in [-0.39, 0.29) is 11.7 Å². The molecule has 3 N–H and O–H groups in total. The first-order valence-corrected chi connectivity index (χ1v) is 10.3. The molecule has 0 saturated carbocycles. The Labute approximate surface area is 180 Å². The molecule has 0 radical (unpaired) electrons. The number of aromatic hydroxyl groups is 1. The largest absolute Gasteiger partial charge is 0.508 e. The zero-order valence-electron chi connectivity index (χ0n) is 17.3. The quantitative estimate of drug-likeness (QED) is 0.565. The van der Waals surface area contributed by atoms with Gasteiger partial charge in [0.2, 0.25) is 0 Å². The molecule has 1 fully saturated rings. The van der Waals surface area contributed by atoms with Crippen LogP contribution in [0.2, 0.25) is 0 Å². The molecule has 6 nitrogen and oxygen atoms in total. The van der Waals surface area contributed by atoms with Crippen molar-refractivity contribution in [2.75, 3.05) is 23.3 Å². The first-order chi connectivity index (χ1) is 15.0. The minimum Gasteiger partial charge on any atom is -0.508 e. The number of benzene rings is 2. The summed E-state index contributed by atoms with van der Waals surface area (Å²) in [5, 5.41) is 16.2. The van der Waals surface area contributed by atoms with Gasteiger partial charge in [-0.3, -0.25) is 4.79 Å². The summed E-state index contributed by atoms with van der Waals surface area (Å²) in [6, 6.07) is 15.1. The smallest absolute Gasteiger partial charge is 0.257 e. The predicted molar refractivity (Wildman–Crippen MR) is 119 cm³/mol. The molecule has 0 spiro atoms. The normalized spacial score (nSPS) is 15.8. The van der Waals surface area contributed by atoms with Crippen LogP contribution < -0.4 is 15.5 Å². The van der Waals surface area contributed by atoms with E-state index >= 15 is 0 Å². The van der Waals surface area contributed by atoms with Gasteiger partial charge in [0.15, 0.2) is 0 Å². The average molecular weight is 420 g/mol. The van der Waals surface area contributed by atoms with Crippen LogP contribution in [-0.4, -0.2) is 35.1 Å². The second-order valence-electron chi connectivity index (χ2n) is 7.81. The summed E-state index contributed by atoms with van der Waals surface area (Å²) in [4.78, 5) is 19.0. The lowest BCUT2D eigenvalue weighted by Crippen LogP contribution is -2.32. The van der Waals surface area contributed by atoms with Crippen LogP contribution in [0.3, 0.4) is 0 Å². The van der Waals surface area contributed by atoms with E-state index in [1.807, 2.05) is 25.1 Å². The number of carbonyl (C=O) groups excluding carboxylic acids is 1. The van der Waals surface area contributed by atoms with Crippen molar-refractivity contribution in [2.45, 2.75) is 25.9 Å². The van der Waals surface area contributed by atoms with Gasteiger partial charge in [-0.15, -0.1) is 0 Å². The topological polar surface area (TPSA) is 77.5 Å². The van der Waals surface area contributed by atoms with Gasteiger partial charge in [-0.25, -0.2) is 9.37 Å². The Bertz CT molecular complexity index is 1050. The highest BCUT2D eigenvalue weighted by Crippen LogP contribution is 2.21. The Balaban J connectivity index is 1.31. The Morgan fingerprint density at radius 1 is 1.19 bits per heavy atom. The maximum Gasteiger partial charge on any atom is 0.257 e. The van der Waals surface area contributed by atoms with E-state index in [0.29, 0.717) is 29.6 Å². The third-order valence-corrected chi connectivity index (χ3v) is 5.44. The number of pyridine rings is 1. The molecule has 7 heteroatoms. The van der Waals surface area contributed by atoms with E-state index in [1.165, 1.54) is 24.3 Å². The second-order valence-corrected chi connectivity index (χ2v) is 7.81. The summed E-state index contributed by atoms with van der Waals surface area (Å²) in [5.74, 6) is 0.493. The Kier molecular flexibility index (Phi) is 6.13. The lowest BCUT2D eigenvalue weighted by molar-refractivity contribution is 0.102. The maximum atomic E-state index is 13.0. The maximum absolute atomic E-state index is 13.0. The number of phenols is 1. The number of aryl methyl sites for hydroxylation is 1. The zero-order valence-corrected chi connectivity index (χ0v) is 17.3. The van der Waals surface area contributed by atoms with E-state index in [9.17, 15) is 14.3 Å². The van der Waals surface area contributed by atoms with Gasteiger partial charge in [-0.1, -0.05) is 17.7 Å². The minimum absolute atomic E-state index is 0.287. The Morgan fingerprint density at radius 3 is 2.74 bits per heavy atom. The molecule has 0 bridgehead atoms. The monoisotopic (exact) mass is 420 g/mol. The standard InChI is InChI=1S/C24H25FN4O2/c1-16-2-8-22(30)18(12-16)14-26-21-10-11-29(15-21)23-9-3-17(13-27-23)24(31)28-20-6-4-19(25)5-7-20/h2-9,12-13,21,26,30H,10-11,14-15H2,1H3,(H,28,31). The van der Waals surface area contributed by atoms with E-state index in [2.05, 4.69) is 20.5 Å². The van der Waals surface area contributed by atoms with E-state index < -0.39 is 0 Å². The predicted octanol–water partition coefficient (Wildman–Crippen LogP) is 3.86. The molecule has 0 aliphatic carbocycles. The molecule has 1 atom stereocenters. The van der Waals surface area contributed by atoms with Crippen molar-refractivity contribution in [3.8, 4) is 5.75 Å². The van der Waals surface area contributed by atoms with Crippen molar-refractivity contribution in [1.29, 1.82) is 0 Å². The van der Waals surface area contributed by atoms with Crippen molar-refractivity contribution in [2.24, 2.45) is 0 Å². The number of nitrogens with zero attached hydrogens (tertiary/aromatic N) is 2. The summed E-state index contributed by atoms with van der Waals surface area (Å²) in [6.45, 7) is 4.30. The molecule has 1 aromatic heterocycles. The SMILES string of the molecule is Cc1ccc(O)c(CNC2CCN(c3ccc(C(=O)Nc4ccc(F)cc4)cn3)C2)c1. The number of hydrogen-bond acceptors (Lipinski definition) is 5.